The van der Waals surface area contributed by atoms with Crippen LogP contribution in [0.4, 0.5) is 5.69 Å². The number of hydrogen-bond acceptors (Lipinski definition) is 6. The maximum Gasteiger partial charge on any atom is 0.286 e. The topological polar surface area (TPSA) is 61.4 Å². The minimum Gasteiger partial charge on any atom is -0.320 e. The van der Waals surface area contributed by atoms with E-state index in [1.54, 1.807) is 0 Å². The van der Waals surface area contributed by atoms with E-state index in [1.165, 1.54) is 29.7 Å². The highest BCUT2D eigenvalue weighted by molar-refractivity contribution is 7.13. The molecule has 1 aromatic carbocycles. The molecule has 1 saturated heterocycles. The number of hydrogen-bond donors (Lipinski definition) is 1. The second-order valence-corrected chi connectivity index (χ2v) is 8.28. The third-order valence-electron chi connectivity index (χ3n) is 5.06. The SMILES string of the molecule is CN1CCN(CCc2cccc(NC(=O)c3nnc(C4CC4)s3)c2)CC1. The number of amides is 1. The molecule has 1 aliphatic carbocycles. The fourth-order valence-electron chi connectivity index (χ4n) is 3.17. The van der Waals surface area contributed by atoms with Gasteiger partial charge in [-0.1, -0.05) is 23.5 Å². The summed E-state index contributed by atoms with van der Waals surface area (Å²) in [4.78, 5) is 17.3. The highest BCUT2D eigenvalue weighted by Gasteiger charge is 2.28. The van der Waals surface area contributed by atoms with Crippen LogP contribution in [0.5, 0.6) is 0 Å². The molecule has 4 rings (SSSR count). The third-order valence-corrected chi connectivity index (χ3v) is 6.14. The molecule has 1 amide bonds. The molecule has 0 spiro atoms. The van der Waals surface area contributed by atoms with Gasteiger partial charge in [0.2, 0.25) is 5.01 Å². The van der Waals surface area contributed by atoms with Crippen LogP contribution >= 0.6 is 11.3 Å². The van der Waals surface area contributed by atoms with Crippen LogP contribution in [0.2, 0.25) is 0 Å². The second-order valence-electron chi connectivity index (χ2n) is 7.27. The van der Waals surface area contributed by atoms with Gasteiger partial charge in [0.1, 0.15) is 5.01 Å². The normalized spacial score (nSPS) is 18.8. The Labute approximate surface area is 158 Å². The maximum atomic E-state index is 12.4. The largest absolute Gasteiger partial charge is 0.320 e. The summed E-state index contributed by atoms with van der Waals surface area (Å²) < 4.78 is 0. The first kappa shape index (κ1) is 17.6. The van der Waals surface area contributed by atoms with E-state index >= 15 is 0 Å². The third kappa shape index (κ3) is 4.47. The van der Waals surface area contributed by atoms with Gasteiger partial charge in [-0.05, 0) is 44.0 Å². The van der Waals surface area contributed by atoms with Crippen LogP contribution in [-0.4, -0.2) is 65.7 Å². The van der Waals surface area contributed by atoms with Crippen molar-refractivity contribution in [2.45, 2.75) is 25.2 Å². The van der Waals surface area contributed by atoms with Crippen LogP contribution in [0.3, 0.4) is 0 Å². The number of rotatable bonds is 6. The van der Waals surface area contributed by atoms with Crippen molar-refractivity contribution < 1.29 is 4.79 Å². The fraction of sp³-hybridized carbons (Fsp3) is 0.526. The van der Waals surface area contributed by atoms with E-state index < -0.39 is 0 Å². The Kier molecular flexibility index (Phi) is 5.28. The van der Waals surface area contributed by atoms with Crippen molar-refractivity contribution >= 4 is 22.9 Å². The lowest BCUT2D eigenvalue weighted by atomic mass is 10.1. The van der Waals surface area contributed by atoms with E-state index in [1.807, 2.05) is 12.1 Å². The molecule has 0 radical (unpaired) electrons. The predicted molar refractivity (Wildman–Crippen MR) is 104 cm³/mol. The van der Waals surface area contributed by atoms with Crippen molar-refractivity contribution in [3.05, 3.63) is 39.8 Å². The van der Waals surface area contributed by atoms with Gasteiger partial charge in [0.25, 0.3) is 5.91 Å². The van der Waals surface area contributed by atoms with Gasteiger partial charge in [-0.3, -0.25) is 4.79 Å². The van der Waals surface area contributed by atoms with E-state index in [9.17, 15) is 4.79 Å². The number of aromatic nitrogens is 2. The van der Waals surface area contributed by atoms with Crippen molar-refractivity contribution in [3.8, 4) is 0 Å². The monoisotopic (exact) mass is 371 g/mol. The lowest BCUT2D eigenvalue weighted by Gasteiger charge is -2.32. The fourth-order valence-corrected chi connectivity index (χ4v) is 4.08. The summed E-state index contributed by atoms with van der Waals surface area (Å²) in [7, 11) is 2.18. The van der Waals surface area contributed by atoms with E-state index in [0.717, 1.165) is 49.8 Å². The number of anilines is 1. The quantitative estimate of drug-likeness (QED) is 0.845. The van der Waals surface area contributed by atoms with Gasteiger partial charge in [0.15, 0.2) is 0 Å². The minimum absolute atomic E-state index is 0.161. The summed E-state index contributed by atoms with van der Waals surface area (Å²) in [5, 5.41) is 12.6. The summed E-state index contributed by atoms with van der Waals surface area (Å²) >= 11 is 1.42. The molecule has 26 heavy (non-hydrogen) atoms. The molecule has 2 aliphatic rings. The molecule has 2 fully saturated rings. The average Bonchev–Trinajstić information content (AvgIpc) is 3.38. The number of nitrogens with zero attached hydrogens (tertiary/aromatic N) is 4. The van der Waals surface area contributed by atoms with Gasteiger partial charge in [0.05, 0.1) is 0 Å². The highest BCUT2D eigenvalue weighted by Crippen LogP contribution is 2.41. The van der Waals surface area contributed by atoms with Gasteiger partial charge < -0.3 is 15.1 Å². The molecule has 1 aromatic heterocycles. The number of carbonyl (C=O) groups is 1. The van der Waals surface area contributed by atoms with Crippen molar-refractivity contribution in [2.24, 2.45) is 0 Å². The first-order valence-electron chi connectivity index (χ1n) is 9.32. The molecule has 1 N–H and O–H groups in total. The maximum absolute atomic E-state index is 12.4. The predicted octanol–water partition coefficient (Wildman–Crippen LogP) is 2.46. The van der Waals surface area contributed by atoms with Crippen LogP contribution in [0.15, 0.2) is 24.3 Å². The van der Waals surface area contributed by atoms with Gasteiger partial charge in [-0.2, -0.15) is 0 Å². The van der Waals surface area contributed by atoms with E-state index in [0.29, 0.717) is 10.9 Å². The number of benzene rings is 1. The van der Waals surface area contributed by atoms with Crippen LogP contribution in [0, 0.1) is 0 Å². The average molecular weight is 372 g/mol. The Bertz CT molecular complexity index is 765. The van der Waals surface area contributed by atoms with Gasteiger partial charge in [0, 0.05) is 44.3 Å². The van der Waals surface area contributed by atoms with Crippen molar-refractivity contribution in [1.29, 1.82) is 0 Å². The summed E-state index contributed by atoms with van der Waals surface area (Å²) in [6, 6.07) is 8.13. The Hall–Kier alpha value is -1.83. The Morgan fingerprint density at radius 2 is 2.04 bits per heavy atom. The number of piperazine rings is 1. The van der Waals surface area contributed by atoms with Crippen LogP contribution in [0.25, 0.3) is 0 Å². The van der Waals surface area contributed by atoms with E-state index in [-0.39, 0.29) is 5.91 Å². The molecular weight excluding hydrogens is 346 g/mol. The molecule has 1 saturated carbocycles. The van der Waals surface area contributed by atoms with Crippen LogP contribution < -0.4 is 5.32 Å². The lowest BCUT2D eigenvalue weighted by Crippen LogP contribution is -2.45. The molecule has 0 bridgehead atoms. The first-order valence-corrected chi connectivity index (χ1v) is 10.1. The number of likely N-dealkylation sites (N-methyl/N-ethyl adjacent to an activating group) is 1. The first-order chi connectivity index (χ1) is 12.7. The van der Waals surface area contributed by atoms with Gasteiger partial charge >= 0.3 is 0 Å². The molecule has 0 unspecified atom stereocenters. The molecule has 2 heterocycles. The molecule has 0 atom stereocenters. The second kappa shape index (κ2) is 7.82. The highest BCUT2D eigenvalue weighted by atomic mass is 32.1. The summed E-state index contributed by atoms with van der Waals surface area (Å²) in [6.07, 6.45) is 3.34. The Morgan fingerprint density at radius 3 is 2.81 bits per heavy atom. The zero-order valence-corrected chi connectivity index (χ0v) is 16.0. The molecule has 7 heteroatoms. The molecule has 6 nitrogen and oxygen atoms in total. The standard InChI is InChI=1S/C19H25N5OS/c1-23-9-11-24(12-10-23)8-7-14-3-2-4-16(13-14)20-17(25)19-22-21-18(26-19)15-5-6-15/h2-4,13,15H,5-12H2,1H3,(H,20,25). The van der Waals surface area contributed by atoms with E-state index in [4.69, 9.17) is 0 Å². The van der Waals surface area contributed by atoms with Crippen LogP contribution in [-0.2, 0) is 6.42 Å². The van der Waals surface area contributed by atoms with Crippen LogP contribution in [0.1, 0.15) is 39.1 Å². The van der Waals surface area contributed by atoms with Gasteiger partial charge in [-0.25, -0.2) is 0 Å². The lowest BCUT2D eigenvalue weighted by molar-refractivity contribution is 0.102. The summed E-state index contributed by atoms with van der Waals surface area (Å²) in [6.45, 7) is 5.61. The zero-order valence-electron chi connectivity index (χ0n) is 15.1. The zero-order chi connectivity index (χ0) is 17.9. The number of carbonyl (C=O) groups excluding carboxylic acids is 1. The number of nitrogens with one attached hydrogen (secondary N) is 1. The van der Waals surface area contributed by atoms with Gasteiger partial charge in [-0.15, -0.1) is 10.2 Å². The van der Waals surface area contributed by atoms with E-state index in [2.05, 4.69) is 44.5 Å². The van der Waals surface area contributed by atoms with Crippen molar-refractivity contribution in [2.75, 3.05) is 45.1 Å². The molecule has 2 aromatic rings. The Balaban J connectivity index is 1.32. The molecular formula is C19H25N5OS. The molecule has 138 valence electrons. The smallest absolute Gasteiger partial charge is 0.286 e. The minimum atomic E-state index is -0.161. The van der Waals surface area contributed by atoms with Crippen molar-refractivity contribution in [1.82, 2.24) is 20.0 Å². The van der Waals surface area contributed by atoms with Crippen molar-refractivity contribution in [3.63, 3.8) is 0 Å². The Morgan fingerprint density at radius 1 is 1.23 bits per heavy atom. The summed E-state index contributed by atoms with van der Waals surface area (Å²) in [5.41, 5.74) is 2.08. The molecule has 1 aliphatic heterocycles. The summed E-state index contributed by atoms with van der Waals surface area (Å²) in [5.74, 6) is 0.373.